The Hall–Kier alpha value is -0.840. The van der Waals surface area contributed by atoms with Gasteiger partial charge in [0.1, 0.15) is 6.61 Å². The second kappa shape index (κ2) is 6.19. The summed E-state index contributed by atoms with van der Waals surface area (Å²) in [4.78, 5) is 4.07. The lowest BCUT2D eigenvalue weighted by molar-refractivity contribution is -0.0168. The van der Waals surface area contributed by atoms with E-state index in [-0.39, 0.29) is 12.2 Å². The zero-order valence-electron chi connectivity index (χ0n) is 10.4. The molecule has 4 nitrogen and oxygen atoms in total. The average Bonchev–Trinajstić information content (AvgIpc) is 2.25. The zero-order valence-corrected chi connectivity index (χ0v) is 11.1. The monoisotopic (exact) mass is 259 g/mol. The number of halogens is 1. The Bertz CT molecular complexity index is 363. The van der Waals surface area contributed by atoms with Crippen LogP contribution in [0.5, 0.6) is 5.88 Å². The number of aromatic nitrogens is 1. The molecule has 0 unspecified atom stereocenters. The third-order valence-electron chi connectivity index (χ3n) is 1.91. The van der Waals surface area contributed by atoms with Crippen LogP contribution in [0.15, 0.2) is 12.1 Å². The van der Waals surface area contributed by atoms with E-state index in [1.807, 2.05) is 20.8 Å². The molecule has 0 spiro atoms. The van der Waals surface area contributed by atoms with Crippen LogP contribution in [0.1, 0.15) is 26.5 Å². The predicted octanol–water partition coefficient (Wildman–Crippen LogP) is 2.42. The topological polar surface area (TPSA) is 51.6 Å². The van der Waals surface area contributed by atoms with Gasteiger partial charge in [0.15, 0.2) is 0 Å². The number of nitrogens with zero attached hydrogens (tertiary/aromatic N) is 1. The third-order valence-corrected chi connectivity index (χ3v) is 2.26. The normalized spacial score (nSPS) is 11.6. The molecule has 0 bridgehead atoms. The standard InChI is InChI=1S/C12H18ClNO3/c1-12(2,3)17-7-6-16-11-5-4-9(13)10(8-15)14-11/h4-5,15H,6-8H2,1-3H3. The largest absolute Gasteiger partial charge is 0.475 e. The maximum atomic E-state index is 8.99. The first-order valence-corrected chi connectivity index (χ1v) is 5.83. The van der Waals surface area contributed by atoms with E-state index in [9.17, 15) is 0 Å². The van der Waals surface area contributed by atoms with Gasteiger partial charge in [0.25, 0.3) is 0 Å². The highest BCUT2D eigenvalue weighted by atomic mass is 35.5. The quantitative estimate of drug-likeness (QED) is 0.825. The van der Waals surface area contributed by atoms with E-state index in [0.29, 0.717) is 29.8 Å². The molecule has 1 rings (SSSR count). The number of hydrogen-bond acceptors (Lipinski definition) is 4. The van der Waals surface area contributed by atoms with Gasteiger partial charge in [-0.2, -0.15) is 0 Å². The number of hydrogen-bond donors (Lipinski definition) is 1. The van der Waals surface area contributed by atoms with Gasteiger partial charge in [-0.25, -0.2) is 4.98 Å². The molecule has 0 saturated heterocycles. The van der Waals surface area contributed by atoms with Gasteiger partial charge in [0.2, 0.25) is 5.88 Å². The zero-order chi connectivity index (χ0) is 12.9. The fourth-order valence-corrected chi connectivity index (χ4v) is 1.31. The molecule has 0 aliphatic heterocycles. The molecular weight excluding hydrogens is 242 g/mol. The maximum Gasteiger partial charge on any atom is 0.213 e. The van der Waals surface area contributed by atoms with E-state index >= 15 is 0 Å². The number of pyridine rings is 1. The number of rotatable bonds is 5. The highest BCUT2D eigenvalue weighted by Crippen LogP contribution is 2.17. The lowest BCUT2D eigenvalue weighted by Crippen LogP contribution is -2.22. The molecule has 0 atom stereocenters. The van der Waals surface area contributed by atoms with Crippen molar-refractivity contribution in [2.24, 2.45) is 0 Å². The van der Waals surface area contributed by atoms with E-state index in [0.717, 1.165) is 0 Å². The highest BCUT2D eigenvalue weighted by molar-refractivity contribution is 6.31. The summed E-state index contributed by atoms with van der Waals surface area (Å²) in [6.07, 6.45) is 0. The van der Waals surface area contributed by atoms with Gasteiger partial charge in [-0.05, 0) is 26.8 Å². The summed E-state index contributed by atoms with van der Waals surface area (Å²) in [6.45, 7) is 6.65. The van der Waals surface area contributed by atoms with Gasteiger partial charge in [0, 0.05) is 6.07 Å². The molecule has 17 heavy (non-hydrogen) atoms. The average molecular weight is 260 g/mol. The van der Waals surface area contributed by atoms with E-state index in [2.05, 4.69) is 4.98 Å². The molecule has 0 fully saturated rings. The van der Waals surface area contributed by atoms with Crippen LogP contribution in [0.2, 0.25) is 5.02 Å². The molecule has 5 heteroatoms. The molecule has 1 heterocycles. The van der Waals surface area contributed by atoms with Crippen molar-refractivity contribution in [2.75, 3.05) is 13.2 Å². The van der Waals surface area contributed by atoms with Crippen LogP contribution in [0, 0.1) is 0 Å². The second-order valence-corrected chi connectivity index (χ2v) is 4.95. The summed E-state index contributed by atoms with van der Waals surface area (Å²) in [5, 5.41) is 9.43. The lowest BCUT2D eigenvalue weighted by atomic mass is 10.2. The maximum absolute atomic E-state index is 8.99. The Morgan fingerprint density at radius 1 is 1.29 bits per heavy atom. The minimum atomic E-state index is -0.200. The minimum absolute atomic E-state index is 0.174. The Kier molecular flexibility index (Phi) is 5.18. The van der Waals surface area contributed by atoms with E-state index in [4.69, 9.17) is 26.2 Å². The van der Waals surface area contributed by atoms with Crippen molar-refractivity contribution in [3.63, 3.8) is 0 Å². The molecule has 96 valence electrons. The van der Waals surface area contributed by atoms with Crippen molar-refractivity contribution in [1.29, 1.82) is 0 Å². The summed E-state index contributed by atoms with van der Waals surface area (Å²) in [7, 11) is 0. The van der Waals surface area contributed by atoms with E-state index in [1.165, 1.54) is 0 Å². The number of aliphatic hydroxyl groups is 1. The molecular formula is C12H18ClNO3. The fourth-order valence-electron chi connectivity index (χ4n) is 1.15. The Labute approximate surface area is 107 Å². The first kappa shape index (κ1) is 14.2. The molecule has 0 saturated carbocycles. The number of aliphatic hydroxyl groups excluding tert-OH is 1. The molecule has 0 aliphatic rings. The fraction of sp³-hybridized carbons (Fsp3) is 0.583. The van der Waals surface area contributed by atoms with Gasteiger partial charge in [-0.15, -0.1) is 0 Å². The summed E-state index contributed by atoms with van der Waals surface area (Å²) in [6, 6.07) is 3.32. The van der Waals surface area contributed by atoms with Crippen molar-refractivity contribution >= 4 is 11.6 Å². The smallest absolute Gasteiger partial charge is 0.213 e. The summed E-state index contributed by atoms with van der Waals surface area (Å²) >= 11 is 5.81. The van der Waals surface area contributed by atoms with Crippen LogP contribution < -0.4 is 4.74 Å². The van der Waals surface area contributed by atoms with E-state index < -0.39 is 0 Å². The van der Waals surface area contributed by atoms with E-state index in [1.54, 1.807) is 12.1 Å². The summed E-state index contributed by atoms with van der Waals surface area (Å²) in [5.74, 6) is 0.441. The predicted molar refractivity (Wildman–Crippen MR) is 66.4 cm³/mol. The van der Waals surface area contributed by atoms with Crippen LogP contribution in [0.4, 0.5) is 0 Å². The Morgan fingerprint density at radius 3 is 2.59 bits per heavy atom. The van der Waals surface area contributed by atoms with Gasteiger partial charge < -0.3 is 14.6 Å². The van der Waals surface area contributed by atoms with Crippen molar-refractivity contribution in [3.8, 4) is 5.88 Å². The van der Waals surface area contributed by atoms with Crippen LogP contribution in [0.3, 0.4) is 0 Å². The SMILES string of the molecule is CC(C)(C)OCCOc1ccc(Cl)c(CO)n1. The lowest BCUT2D eigenvalue weighted by Gasteiger charge is -2.19. The molecule has 0 radical (unpaired) electrons. The van der Waals surface area contributed by atoms with Gasteiger partial charge >= 0.3 is 0 Å². The molecule has 1 aromatic rings. The Balaban J connectivity index is 2.42. The first-order valence-electron chi connectivity index (χ1n) is 5.45. The van der Waals surface area contributed by atoms with Gasteiger partial charge in [-0.1, -0.05) is 11.6 Å². The van der Waals surface area contributed by atoms with Gasteiger partial charge in [-0.3, -0.25) is 0 Å². The van der Waals surface area contributed by atoms with Crippen molar-refractivity contribution in [2.45, 2.75) is 33.0 Å². The highest BCUT2D eigenvalue weighted by Gasteiger charge is 2.09. The van der Waals surface area contributed by atoms with Crippen LogP contribution in [-0.4, -0.2) is 28.9 Å². The first-order chi connectivity index (χ1) is 7.92. The third kappa shape index (κ3) is 5.35. The van der Waals surface area contributed by atoms with Crippen molar-refractivity contribution in [1.82, 2.24) is 4.98 Å². The number of ether oxygens (including phenoxy) is 2. The summed E-state index contributed by atoms with van der Waals surface area (Å²) in [5.41, 5.74) is 0.244. The minimum Gasteiger partial charge on any atom is -0.475 e. The molecule has 0 aromatic carbocycles. The van der Waals surface area contributed by atoms with Crippen LogP contribution in [-0.2, 0) is 11.3 Å². The summed E-state index contributed by atoms with van der Waals surface area (Å²) < 4.78 is 10.9. The molecule has 1 N–H and O–H groups in total. The van der Waals surface area contributed by atoms with Gasteiger partial charge in [0.05, 0.1) is 29.5 Å². The van der Waals surface area contributed by atoms with Crippen molar-refractivity contribution < 1.29 is 14.6 Å². The second-order valence-electron chi connectivity index (χ2n) is 4.55. The molecule has 0 amide bonds. The van der Waals surface area contributed by atoms with Crippen LogP contribution >= 0.6 is 11.6 Å². The van der Waals surface area contributed by atoms with Crippen LogP contribution in [0.25, 0.3) is 0 Å². The van der Waals surface area contributed by atoms with Crippen molar-refractivity contribution in [3.05, 3.63) is 22.8 Å². The molecule has 1 aromatic heterocycles. The molecule has 0 aliphatic carbocycles. The Morgan fingerprint density at radius 2 is 2.00 bits per heavy atom.